The molecule has 0 aliphatic rings. The Bertz CT molecular complexity index is 527. The molecule has 0 saturated heterocycles. The van der Waals surface area contributed by atoms with E-state index in [1.165, 1.54) is 22.4 Å². The van der Waals surface area contributed by atoms with E-state index in [0.717, 1.165) is 0 Å². The maximum Gasteiger partial charge on any atom is 0.0361 e. The zero-order valence-corrected chi connectivity index (χ0v) is 12.6. The van der Waals surface area contributed by atoms with Crippen molar-refractivity contribution in [3.05, 3.63) is 54.1 Å². The minimum atomic E-state index is 0.216. The van der Waals surface area contributed by atoms with Crippen LogP contribution in [0.2, 0.25) is 0 Å². The third kappa shape index (κ3) is 3.17. The summed E-state index contributed by atoms with van der Waals surface area (Å²) in [5, 5.41) is 0. The molecule has 0 amide bonds. The maximum atomic E-state index is 2.24. The maximum absolute atomic E-state index is 2.24. The van der Waals surface area contributed by atoms with Gasteiger partial charge in [0.05, 0.1) is 0 Å². The summed E-state index contributed by atoms with van der Waals surface area (Å²) in [6.07, 6.45) is 0. The quantitative estimate of drug-likeness (QED) is 0.748. The third-order valence-corrected chi connectivity index (χ3v) is 3.47. The van der Waals surface area contributed by atoms with Crippen molar-refractivity contribution in [2.24, 2.45) is 0 Å². The molecular weight excluding hydrogens is 230 g/mol. The van der Waals surface area contributed by atoms with E-state index in [2.05, 4.69) is 88.3 Å². The normalized spacial score (nSPS) is 11.4. The predicted octanol–water partition coefficient (Wildman–Crippen LogP) is 4.72. The van der Waals surface area contributed by atoms with Crippen molar-refractivity contribution in [2.75, 3.05) is 19.0 Å². The van der Waals surface area contributed by atoms with Gasteiger partial charge in [0.1, 0.15) is 0 Å². The Hall–Kier alpha value is -1.76. The molecule has 100 valence electrons. The fraction of sp³-hybridized carbons (Fsp3) is 0.333. The molecule has 0 unspecified atom stereocenters. The molecule has 0 heterocycles. The second kappa shape index (κ2) is 5.08. The number of benzene rings is 2. The molecule has 0 radical (unpaired) electrons. The molecule has 0 saturated carbocycles. The van der Waals surface area contributed by atoms with E-state index in [1.807, 2.05) is 0 Å². The lowest BCUT2D eigenvalue weighted by Gasteiger charge is -2.19. The summed E-state index contributed by atoms with van der Waals surface area (Å²) in [6.45, 7) is 6.73. The van der Waals surface area contributed by atoms with E-state index in [4.69, 9.17) is 0 Å². The molecule has 2 aromatic rings. The molecule has 0 atom stereocenters. The number of hydrogen-bond acceptors (Lipinski definition) is 1. The van der Waals surface area contributed by atoms with Crippen LogP contribution in [0.3, 0.4) is 0 Å². The van der Waals surface area contributed by atoms with Gasteiger partial charge in [0.2, 0.25) is 0 Å². The Kier molecular flexibility index (Phi) is 3.66. The molecule has 0 bridgehead atoms. The first-order valence-electron chi connectivity index (χ1n) is 6.76. The van der Waals surface area contributed by atoms with Crippen LogP contribution >= 0.6 is 0 Å². The van der Waals surface area contributed by atoms with Crippen LogP contribution in [-0.4, -0.2) is 14.1 Å². The second-order valence-corrected chi connectivity index (χ2v) is 6.27. The predicted molar refractivity (Wildman–Crippen MR) is 84.9 cm³/mol. The van der Waals surface area contributed by atoms with Crippen LogP contribution in [-0.2, 0) is 5.41 Å². The summed E-state index contributed by atoms with van der Waals surface area (Å²) < 4.78 is 0. The van der Waals surface area contributed by atoms with Crippen LogP contribution in [0, 0.1) is 0 Å². The van der Waals surface area contributed by atoms with Gasteiger partial charge in [-0.15, -0.1) is 0 Å². The molecule has 2 rings (SSSR count). The fourth-order valence-electron chi connectivity index (χ4n) is 2.11. The van der Waals surface area contributed by atoms with Crippen molar-refractivity contribution < 1.29 is 0 Å². The minimum Gasteiger partial charge on any atom is -0.378 e. The molecule has 0 aliphatic heterocycles. The fourth-order valence-corrected chi connectivity index (χ4v) is 2.11. The van der Waals surface area contributed by atoms with E-state index in [9.17, 15) is 0 Å². The van der Waals surface area contributed by atoms with Gasteiger partial charge in [-0.3, -0.25) is 0 Å². The molecular formula is C18H23N. The summed E-state index contributed by atoms with van der Waals surface area (Å²) in [4.78, 5) is 2.12. The van der Waals surface area contributed by atoms with Crippen molar-refractivity contribution in [2.45, 2.75) is 26.2 Å². The zero-order valence-electron chi connectivity index (χ0n) is 12.6. The molecule has 2 aromatic carbocycles. The van der Waals surface area contributed by atoms with Crippen molar-refractivity contribution in [1.82, 2.24) is 0 Å². The van der Waals surface area contributed by atoms with Crippen molar-refractivity contribution in [3.8, 4) is 11.1 Å². The molecule has 1 heteroatoms. The number of hydrogen-bond donors (Lipinski definition) is 0. The summed E-state index contributed by atoms with van der Waals surface area (Å²) in [6, 6.07) is 17.6. The van der Waals surface area contributed by atoms with Crippen LogP contribution in [0.15, 0.2) is 48.5 Å². The van der Waals surface area contributed by atoms with Gasteiger partial charge in [-0.1, -0.05) is 57.2 Å². The highest BCUT2D eigenvalue weighted by molar-refractivity contribution is 5.66. The number of anilines is 1. The largest absolute Gasteiger partial charge is 0.378 e. The van der Waals surface area contributed by atoms with Gasteiger partial charge >= 0.3 is 0 Å². The molecule has 0 N–H and O–H groups in total. The Morgan fingerprint density at radius 1 is 0.684 bits per heavy atom. The summed E-state index contributed by atoms with van der Waals surface area (Å²) >= 11 is 0. The molecule has 1 nitrogen and oxygen atoms in total. The lowest BCUT2D eigenvalue weighted by Crippen LogP contribution is -2.10. The monoisotopic (exact) mass is 253 g/mol. The molecule has 0 fully saturated rings. The van der Waals surface area contributed by atoms with Crippen LogP contribution in [0.5, 0.6) is 0 Å². The molecule has 19 heavy (non-hydrogen) atoms. The van der Waals surface area contributed by atoms with E-state index in [1.54, 1.807) is 0 Å². The average Bonchev–Trinajstić information content (AvgIpc) is 2.38. The van der Waals surface area contributed by atoms with E-state index >= 15 is 0 Å². The van der Waals surface area contributed by atoms with Crippen LogP contribution in [0.25, 0.3) is 11.1 Å². The standard InChI is InChI=1S/C18H23N/c1-18(2,3)16-10-6-14(7-11-16)15-8-12-17(13-9-15)19(4)5/h6-13H,1-5H3. The first-order chi connectivity index (χ1) is 8.88. The summed E-state index contributed by atoms with van der Waals surface area (Å²) in [7, 11) is 4.13. The highest BCUT2D eigenvalue weighted by atomic mass is 15.1. The van der Waals surface area contributed by atoms with Gasteiger partial charge < -0.3 is 4.90 Å². The van der Waals surface area contributed by atoms with Crippen molar-refractivity contribution >= 4 is 5.69 Å². The molecule has 0 aromatic heterocycles. The first-order valence-corrected chi connectivity index (χ1v) is 6.76. The molecule has 0 spiro atoms. The Balaban J connectivity index is 2.27. The van der Waals surface area contributed by atoms with Gasteiger partial charge in [-0.2, -0.15) is 0 Å². The third-order valence-electron chi connectivity index (χ3n) is 3.47. The van der Waals surface area contributed by atoms with Gasteiger partial charge in [0.15, 0.2) is 0 Å². The zero-order chi connectivity index (χ0) is 14.0. The average molecular weight is 253 g/mol. The van der Waals surface area contributed by atoms with Crippen LogP contribution in [0.4, 0.5) is 5.69 Å². The Morgan fingerprint density at radius 3 is 1.47 bits per heavy atom. The summed E-state index contributed by atoms with van der Waals surface area (Å²) in [5.74, 6) is 0. The molecule has 0 aliphatic carbocycles. The SMILES string of the molecule is CN(C)c1ccc(-c2ccc(C(C)(C)C)cc2)cc1. The Morgan fingerprint density at radius 2 is 1.11 bits per heavy atom. The lowest BCUT2D eigenvalue weighted by atomic mass is 9.86. The smallest absolute Gasteiger partial charge is 0.0361 e. The highest BCUT2D eigenvalue weighted by Gasteiger charge is 2.12. The lowest BCUT2D eigenvalue weighted by molar-refractivity contribution is 0.590. The van der Waals surface area contributed by atoms with Gasteiger partial charge in [0.25, 0.3) is 0 Å². The first kappa shape index (κ1) is 13.7. The Labute approximate surface area is 116 Å². The topological polar surface area (TPSA) is 3.24 Å². The van der Waals surface area contributed by atoms with Gasteiger partial charge in [-0.05, 0) is 34.2 Å². The van der Waals surface area contributed by atoms with Crippen molar-refractivity contribution in [3.63, 3.8) is 0 Å². The van der Waals surface area contributed by atoms with Crippen LogP contribution in [0.1, 0.15) is 26.3 Å². The van der Waals surface area contributed by atoms with Crippen molar-refractivity contribution in [1.29, 1.82) is 0 Å². The van der Waals surface area contributed by atoms with E-state index in [-0.39, 0.29) is 5.41 Å². The number of nitrogens with zero attached hydrogens (tertiary/aromatic N) is 1. The highest BCUT2D eigenvalue weighted by Crippen LogP contribution is 2.27. The van der Waals surface area contributed by atoms with E-state index < -0.39 is 0 Å². The minimum absolute atomic E-state index is 0.216. The number of rotatable bonds is 2. The van der Waals surface area contributed by atoms with E-state index in [0.29, 0.717) is 0 Å². The summed E-state index contributed by atoms with van der Waals surface area (Å²) in [5.41, 5.74) is 5.37. The van der Waals surface area contributed by atoms with Gasteiger partial charge in [-0.25, -0.2) is 0 Å². The second-order valence-electron chi connectivity index (χ2n) is 6.27. The van der Waals surface area contributed by atoms with Gasteiger partial charge in [0, 0.05) is 19.8 Å². The van der Waals surface area contributed by atoms with Crippen LogP contribution < -0.4 is 4.90 Å².